The zero-order valence-corrected chi connectivity index (χ0v) is 23.7. The van der Waals surface area contributed by atoms with E-state index in [1.165, 1.54) is 0 Å². The van der Waals surface area contributed by atoms with Crippen LogP contribution in [0.4, 0.5) is 0 Å². The molecule has 0 fully saturated rings. The Bertz CT molecular complexity index is 1330. The van der Waals surface area contributed by atoms with Crippen LogP contribution in [0.15, 0.2) is 54.6 Å². The summed E-state index contributed by atoms with van der Waals surface area (Å²) in [5.74, 6) is 4.00. The van der Waals surface area contributed by atoms with E-state index < -0.39 is 0 Å². The van der Waals surface area contributed by atoms with Crippen LogP contribution in [0.5, 0.6) is 40.2 Å². The molecule has 0 aromatic heterocycles. The number of benzene rings is 3. The van der Waals surface area contributed by atoms with Gasteiger partial charge in [-0.3, -0.25) is 4.79 Å². The lowest BCUT2D eigenvalue weighted by molar-refractivity contribution is -0.129. The fourth-order valence-electron chi connectivity index (χ4n) is 4.78. The fraction of sp³-hybridized carbons (Fsp3) is 0.323. The number of carbonyl (C=O) groups is 1. The first-order valence-electron chi connectivity index (χ1n) is 12.8. The second-order valence-corrected chi connectivity index (χ2v) is 8.98. The smallest absolute Gasteiger partial charge is 0.247 e. The molecular weight excluding hydrogens is 514 g/mol. The van der Waals surface area contributed by atoms with Gasteiger partial charge in [0.2, 0.25) is 11.7 Å². The predicted molar refractivity (Wildman–Crippen MR) is 151 cm³/mol. The molecule has 0 N–H and O–H groups in total. The summed E-state index contributed by atoms with van der Waals surface area (Å²) in [4.78, 5) is 15.4. The fourth-order valence-corrected chi connectivity index (χ4v) is 4.78. The summed E-state index contributed by atoms with van der Waals surface area (Å²) in [6, 6.07) is 14.5. The summed E-state index contributed by atoms with van der Waals surface area (Å²) in [6.45, 7) is 0.760. The van der Waals surface area contributed by atoms with Gasteiger partial charge in [-0.15, -0.1) is 0 Å². The van der Waals surface area contributed by atoms with Gasteiger partial charge >= 0.3 is 0 Å². The molecule has 0 unspecified atom stereocenters. The highest BCUT2D eigenvalue weighted by Gasteiger charge is 2.32. The number of ether oxygens (including phenoxy) is 7. The number of nitrogens with zero attached hydrogens (tertiary/aromatic N) is 1. The van der Waals surface area contributed by atoms with Gasteiger partial charge in [0.15, 0.2) is 23.0 Å². The Morgan fingerprint density at radius 3 is 1.95 bits per heavy atom. The van der Waals surface area contributed by atoms with Crippen LogP contribution in [0.3, 0.4) is 0 Å². The molecular formula is C31H35NO8. The second kappa shape index (κ2) is 13.0. The van der Waals surface area contributed by atoms with Gasteiger partial charge in [0.05, 0.1) is 48.7 Å². The predicted octanol–water partition coefficient (Wildman–Crippen LogP) is 4.96. The molecule has 3 aromatic rings. The van der Waals surface area contributed by atoms with Crippen LogP contribution in [0.25, 0.3) is 6.08 Å². The molecule has 0 aliphatic carbocycles. The van der Waals surface area contributed by atoms with Crippen LogP contribution in [-0.2, 0) is 11.2 Å². The number of amides is 1. The van der Waals surface area contributed by atoms with Gasteiger partial charge in [-0.2, -0.15) is 0 Å². The highest BCUT2D eigenvalue weighted by atomic mass is 16.5. The molecule has 9 nitrogen and oxygen atoms in total. The minimum atomic E-state index is -0.359. The Balaban J connectivity index is 1.64. The average Bonchev–Trinajstić information content (AvgIpc) is 3.01. The summed E-state index contributed by atoms with van der Waals surface area (Å²) in [6.07, 6.45) is 3.95. The first kappa shape index (κ1) is 28.5. The molecule has 4 rings (SSSR count). The Hall–Kier alpha value is -4.53. The molecule has 40 heavy (non-hydrogen) atoms. The zero-order valence-electron chi connectivity index (χ0n) is 23.7. The molecule has 1 aliphatic heterocycles. The molecule has 0 bridgehead atoms. The van der Waals surface area contributed by atoms with E-state index in [0.29, 0.717) is 47.5 Å². The van der Waals surface area contributed by atoms with Gasteiger partial charge in [0, 0.05) is 12.6 Å². The number of methoxy groups -OCH3 is 6. The summed E-state index contributed by atoms with van der Waals surface area (Å²) in [5, 5.41) is 0. The van der Waals surface area contributed by atoms with Gasteiger partial charge in [0.25, 0.3) is 0 Å². The van der Waals surface area contributed by atoms with Crippen LogP contribution in [0, 0.1) is 0 Å². The van der Waals surface area contributed by atoms with E-state index in [0.717, 1.165) is 22.4 Å². The first-order chi connectivity index (χ1) is 19.5. The van der Waals surface area contributed by atoms with Crippen molar-refractivity contribution in [2.24, 2.45) is 0 Å². The van der Waals surface area contributed by atoms with Crippen molar-refractivity contribution in [1.29, 1.82) is 0 Å². The Morgan fingerprint density at radius 2 is 1.38 bits per heavy atom. The minimum Gasteiger partial charge on any atom is -0.497 e. The van der Waals surface area contributed by atoms with Crippen LogP contribution in [0.2, 0.25) is 0 Å². The van der Waals surface area contributed by atoms with Crippen molar-refractivity contribution in [2.75, 3.05) is 55.8 Å². The Labute approximate surface area is 234 Å². The van der Waals surface area contributed by atoms with Crippen LogP contribution in [0.1, 0.15) is 22.7 Å². The molecule has 1 heterocycles. The normalized spacial score (nSPS) is 14.3. The average molecular weight is 550 g/mol. The third kappa shape index (κ3) is 6.03. The molecule has 0 saturated heterocycles. The Morgan fingerprint density at radius 1 is 0.775 bits per heavy atom. The van der Waals surface area contributed by atoms with Crippen molar-refractivity contribution < 1.29 is 38.0 Å². The maximum atomic E-state index is 13.6. The molecule has 9 heteroatoms. The van der Waals surface area contributed by atoms with E-state index in [4.69, 9.17) is 33.2 Å². The molecule has 1 aliphatic rings. The molecule has 3 aromatic carbocycles. The summed E-state index contributed by atoms with van der Waals surface area (Å²) >= 11 is 0. The van der Waals surface area contributed by atoms with Crippen LogP contribution >= 0.6 is 0 Å². The number of fused-ring (bicyclic) bond motifs is 1. The van der Waals surface area contributed by atoms with Crippen molar-refractivity contribution in [3.63, 3.8) is 0 Å². The summed E-state index contributed by atoms with van der Waals surface area (Å²) in [7, 11) is 9.48. The Kier molecular flexibility index (Phi) is 9.27. The van der Waals surface area contributed by atoms with Crippen molar-refractivity contribution in [1.82, 2.24) is 4.90 Å². The van der Waals surface area contributed by atoms with Crippen molar-refractivity contribution in [3.05, 3.63) is 71.3 Å². The minimum absolute atomic E-state index is 0.155. The van der Waals surface area contributed by atoms with E-state index in [1.54, 1.807) is 66.9 Å². The van der Waals surface area contributed by atoms with Crippen molar-refractivity contribution in [3.8, 4) is 40.2 Å². The number of hydrogen-bond acceptors (Lipinski definition) is 8. The third-order valence-electron chi connectivity index (χ3n) is 6.86. The van der Waals surface area contributed by atoms with E-state index in [-0.39, 0.29) is 18.6 Å². The van der Waals surface area contributed by atoms with Gasteiger partial charge in [0.1, 0.15) is 18.1 Å². The lowest BCUT2D eigenvalue weighted by Gasteiger charge is -2.37. The van der Waals surface area contributed by atoms with Crippen molar-refractivity contribution >= 4 is 12.0 Å². The molecule has 0 radical (unpaired) electrons. The quantitative estimate of drug-likeness (QED) is 0.311. The lowest BCUT2D eigenvalue weighted by atomic mass is 9.92. The molecule has 212 valence electrons. The first-order valence-corrected chi connectivity index (χ1v) is 12.8. The monoisotopic (exact) mass is 549 g/mol. The largest absolute Gasteiger partial charge is 0.497 e. The highest BCUT2D eigenvalue weighted by molar-refractivity contribution is 5.92. The van der Waals surface area contributed by atoms with E-state index in [9.17, 15) is 4.79 Å². The van der Waals surface area contributed by atoms with E-state index in [2.05, 4.69) is 0 Å². The van der Waals surface area contributed by atoms with Crippen molar-refractivity contribution in [2.45, 2.75) is 12.5 Å². The van der Waals surface area contributed by atoms with Gasteiger partial charge in [-0.05, 0) is 77.7 Å². The number of hydrogen-bond donors (Lipinski definition) is 0. The second-order valence-electron chi connectivity index (χ2n) is 8.98. The summed E-state index contributed by atoms with van der Waals surface area (Å²) in [5.41, 5.74) is 2.77. The maximum Gasteiger partial charge on any atom is 0.247 e. The third-order valence-corrected chi connectivity index (χ3v) is 6.86. The molecule has 1 atom stereocenters. The van der Waals surface area contributed by atoms with Gasteiger partial charge in [-0.25, -0.2) is 0 Å². The standard InChI is InChI=1S/C31H35NO8/c1-34-22-8-10-23(11-9-22)40-19-25-24-18-27(36-3)26(35-2)17-21(24)13-14-32(25)30(33)12-7-20-15-28(37-4)31(39-6)29(16-20)38-5/h7-12,15-18,25H,13-14,19H2,1-6H3/b12-7+/t25-/m1/s1. The SMILES string of the molecule is COc1ccc(OC[C@@H]2c3cc(OC)c(OC)cc3CCN2C(=O)/C=C/c2cc(OC)c(OC)c(OC)c2)cc1. The summed E-state index contributed by atoms with van der Waals surface area (Å²) < 4.78 is 38.8. The molecule has 0 spiro atoms. The lowest BCUT2D eigenvalue weighted by Crippen LogP contribution is -2.41. The van der Waals surface area contributed by atoms with E-state index in [1.807, 2.05) is 41.3 Å². The number of carbonyl (C=O) groups excluding carboxylic acids is 1. The zero-order chi connectivity index (χ0) is 28.6. The van der Waals surface area contributed by atoms with Gasteiger partial charge in [-0.1, -0.05) is 0 Å². The topological polar surface area (TPSA) is 84.9 Å². The molecule has 0 saturated carbocycles. The van der Waals surface area contributed by atoms with Gasteiger partial charge < -0.3 is 38.1 Å². The molecule has 1 amide bonds. The van der Waals surface area contributed by atoms with E-state index >= 15 is 0 Å². The highest BCUT2D eigenvalue weighted by Crippen LogP contribution is 2.40. The maximum absolute atomic E-state index is 13.6. The van der Waals surface area contributed by atoms with Crippen LogP contribution in [-0.4, -0.2) is 66.6 Å². The number of rotatable bonds is 11. The van der Waals surface area contributed by atoms with Crippen LogP contribution < -0.4 is 33.2 Å².